The number of halogens is 2. The lowest BCUT2D eigenvalue weighted by Crippen LogP contribution is -2.43. The van der Waals surface area contributed by atoms with Gasteiger partial charge in [0.2, 0.25) is 10.0 Å². The van der Waals surface area contributed by atoms with Crippen LogP contribution in [0.3, 0.4) is 0 Å². The molecule has 7 nitrogen and oxygen atoms in total. The van der Waals surface area contributed by atoms with Crippen molar-refractivity contribution in [3.63, 3.8) is 0 Å². The Morgan fingerprint density at radius 2 is 1.95 bits per heavy atom. The Labute approximate surface area is 140 Å². The maximum atomic E-state index is 12.6. The smallest absolute Gasteiger partial charge is 0.290 e. The van der Waals surface area contributed by atoms with Gasteiger partial charge in [0.15, 0.2) is 4.90 Å². The van der Waals surface area contributed by atoms with Crippen molar-refractivity contribution in [3.8, 4) is 0 Å². The number of nitro groups is 1. The topological polar surface area (TPSA) is 92.6 Å². The number of nitrogens with zero attached hydrogens (tertiary/aromatic N) is 2. The SMILES string of the molecule is CN(C1CCNCC1)S(=O)(=O)c1ccc(Cl)cc1[N+](=O)[O-].Cl. The van der Waals surface area contributed by atoms with Gasteiger partial charge in [-0.25, -0.2) is 8.42 Å². The highest BCUT2D eigenvalue weighted by molar-refractivity contribution is 7.89. The van der Waals surface area contributed by atoms with Crippen molar-refractivity contribution in [1.29, 1.82) is 0 Å². The first-order valence-electron chi connectivity index (χ1n) is 6.46. The van der Waals surface area contributed by atoms with Crippen molar-refractivity contribution in [2.75, 3.05) is 20.1 Å². The van der Waals surface area contributed by atoms with Crippen LogP contribution in [0.1, 0.15) is 12.8 Å². The van der Waals surface area contributed by atoms with E-state index in [1.54, 1.807) is 0 Å². The minimum atomic E-state index is -3.93. The highest BCUT2D eigenvalue weighted by Gasteiger charge is 2.34. The maximum absolute atomic E-state index is 12.6. The second-order valence-electron chi connectivity index (χ2n) is 4.87. The molecule has 1 fully saturated rings. The highest BCUT2D eigenvalue weighted by atomic mass is 35.5. The van der Waals surface area contributed by atoms with E-state index in [0.29, 0.717) is 12.8 Å². The van der Waals surface area contributed by atoms with E-state index < -0.39 is 20.6 Å². The first-order valence-corrected chi connectivity index (χ1v) is 8.28. The van der Waals surface area contributed by atoms with Gasteiger partial charge in [-0.15, -0.1) is 12.4 Å². The first kappa shape index (κ1) is 19.1. The summed E-state index contributed by atoms with van der Waals surface area (Å²) in [7, 11) is -2.46. The largest absolute Gasteiger partial charge is 0.317 e. The zero-order valence-electron chi connectivity index (χ0n) is 11.9. The molecule has 1 aromatic rings. The second kappa shape index (κ2) is 7.56. The summed E-state index contributed by atoms with van der Waals surface area (Å²) in [6.07, 6.45) is 1.36. The number of sulfonamides is 1. The molecule has 10 heteroatoms. The van der Waals surface area contributed by atoms with Crippen molar-refractivity contribution >= 4 is 39.7 Å². The summed E-state index contributed by atoms with van der Waals surface area (Å²) >= 11 is 5.72. The highest BCUT2D eigenvalue weighted by Crippen LogP contribution is 2.30. The number of piperidine rings is 1. The monoisotopic (exact) mass is 369 g/mol. The van der Waals surface area contributed by atoms with Crippen LogP contribution in [0.25, 0.3) is 0 Å². The molecule has 0 aromatic heterocycles. The van der Waals surface area contributed by atoms with Crippen LogP contribution in [0.4, 0.5) is 5.69 Å². The third-order valence-electron chi connectivity index (χ3n) is 3.60. The van der Waals surface area contributed by atoms with Gasteiger partial charge in [-0.2, -0.15) is 4.31 Å². The van der Waals surface area contributed by atoms with E-state index in [1.165, 1.54) is 23.5 Å². The lowest BCUT2D eigenvalue weighted by molar-refractivity contribution is -0.387. The fourth-order valence-corrected chi connectivity index (χ4v) is 4.09. The molecule has 1 N–H and O–H groups in total. The van der Waals surface area contributed by atoms with Gasteiger partial charge in [0, 0.05) is 24.2 Å². The van der Waals surface area contributed by atoms with Gasteiger partial charge in [-0.3, -0.25) is 10.1 Å². The van der Waals surface area contributed by atoms with Crippen molar-refractivity contribution in [1.82, 2.24) is 9.62 Å². The first-order chi connectivity index (χ1) is 9.84. The zero-order chi connectivity index (χ0) is 15.6. The van der Waals surface area contributed by atoms with Gasteiger partial charge in [0.25, 0.3) is 5.69 Å². The summed E-state index contributed by atoms with van der Waals surface area (Å²) in [5, 5.41) is 14.4. The summed E-state index contributed by atoms with van der Waals surface area (Å²) < 4.78 is 26.5. The van der Waals surface area contributed by atoms with Crippen molar-refractivity contribution in [3.05, 3.63) is 33.3 Å². The molecule has 1 saturated heterocycles. The Bertz CT molecular complexity index is 648. The molecular formula is C12H17Cl2N3O4S. The molecule has 0 spiro atoms. The number of rotatable bonds is 4. The molecule has 124 valence electrons. The average Bonchev–Trinajstić information content (AvgIpc) is 2.47. The molecule has 1 aliphatic heterocycles. The number of hydrogen-bond donors (Lipinski definition) is 1. The van der Waals surface area contributed by atoms with Crippen LogP contribution in [0, 0.1) is 10.1 Å². The summed E-state index contributed by atoms with van der Waals surface area (Å²) in [5.41, 5.74) is -0.497. The van der Waals surface area contributed by atoms with Crippen molar-refractivity contribution in [2.45, 2.75) is 23.8 Å². The van der Waals surface area contributed by atoms with E-state index in [4.69, 9.17) is 11.6 Å². The number of hydrogen-bond acceptors (Lipinski definition) is 5. The molecular weight excluding hydrogens is 353 g/mol. The number of nitrogens with one attached hydrogen (secondary N) is 1. The van der Waals surface area contributed by atoms with Crippen LogP contribution in [0.2, 0.25) is 5.02 Å². The lowest BCUT2D eigenvalue weighted by atomic mass is 10.1. The van der Waals surface area contributed by atoms with Crippen LogP contribution in [0.15, 0.2) is 23.1 Å². The standard InChI is InChI=1S/C12H16ClN3O4S.ClH/c1-15(10-4-6-14-7-5-10)21(19,20)12-3-2-9(13)8-11(12)16(17)18;/h2-3,8,10,14H,4-7H2,1H3;1H. The van der Waals surface area contributed by atoms with E-state index in [-0.39, 0.29) is 28.4 Å². The predicted molar refractivity (Wildman–Crippen MR) is 86.2 cm³/mol. The maximum Gasteiger partial charge on any atom is 0.290 e. The van der Waals surface area contributed by atoms with Crippen LogP contribution in [-0.2, 0) is 10.0 Å². The Kier molecular flexibility index (Phi) is 6.57. The quantitative estimate of drug-likeness (QED) is 0.647. The molecule has 22 heavy (non-hydrogen) atoms. The third-order valence-corrected chi connectivity index (χ3v) is 5.79. The molecule has 0 radical (unpaired) electrons. The second-order valence-corrected chi connectivity index (χ2v) is 7.27. The van der Waals surface area contributed by atoms with Crippen LogP contribution >= 0.6 is 24.0 Å². The molecule has 0 aliphatic carbocycles. The molecule has 0 bridgehead atoms. The minimum Gasteiger partial charge on any atom is -0.317 e. The minimum absolute atomic E-state index is 0. The summed E-state index contributed by atoms with van der Waals surface area (Å²) in [6, 6.07) is 3.43. The Morgan fingerprint density at radius 3 is 2.50 bits per heavy atom. The van der Waals surface area contributed by atoms with E-state index in [2.05, 4.69) is 5.32 Å². The molecule has 0 saturated carbocycles. The van der Waals surface area contributed by atoms with Crippen molar-refractivity contribution < 1.29 is 13.3 Å². The molecule has 0 amide bonds. The summed E-state index contributed by atoms with van der Waals surface area (Å²) in [6.45, 7) is 1.46. The van der Waals surface area contributed by atoms with Crippen LogP contribution in [0.5, 0.6) is 0 Å². The predicted octanol–water partition coefficient (Wildman–Crippen LogP) is 2.04. The Morgan fingerprint density at radius 1 is 1.36 bits per heavy atom. The fraction of sp³-hybridized carbons (Fsp3) is 0.500. The van der Waals surface area contributed by atoms with Gasteiger partial charge in [-0.05, 0) is 38.1 Å². The molecule has 0 atom stereocenters. The van der Waals surface area contributed by atoms with E-state index in [1.807, 2.05) is 0 Å². The van der Waals surface area contributed by atoms with E-state index in [0.717, 1.165) is 19.2 Å². The van der Waals surface area contributed by atoms with Gasteiger partial charge in [0.05, 0.1) is 4.92 Å². The zero-order valence-corrected chi connectivity index (χ0v) is 14.2. The van der Waals surface area contributed by atoms with Gasteiger partial charge >= 0.3 is 0 Å². The molecule has 1 aliphatic rings. The molecule has 1 aromatic carbocycles. The average molecular weight is 370 g/mol. The van der Waals surface area contributed by atoms with Gasteiger partial charge < -0.3 is 5.32 Å². The Hall–Kier alpha value is -0.930. The van der Waals surface area contributed by atoms with E-state index >= 15 is 0 Å². The molecule has 2 rings (SSSR count). The number of benzene rings is 1. The molecule has 0 unspecified atom stereocenters. The van der Waals surface area contributed by atoms with Gasteiger partial charge in [-0.1, -0.05) is 11.6 Å². The fourth-order valence-electron chi connectivity index (χ4n) is 2.37. The number of nitro benzene ring substituents is 1. The van der Waals surface area contributed by atoms with Crippen molar-refractivity contribution in [2.24, 2.45) is 0 Å². The van der Waals surface area contributed by atoms with Crippen LogP contribution in [-0.4, -0.2) is 43.8 Å². The van der Waals surface area contributed by atoms with E-state index in [9.17, 15) is 18.5 Å². The summed E-state index contributed by atoms with van der Waals surface area (Å²) in [5.74, 6) is 0. The normalized spacial score (nSPS) is 16.3. The summed E-state index contributed by atoms with van der Waals surface area (Å²) in [4.78, 5) is 10.0. The van der Waals surface area contributed by atoms with Crippen LogP contribution < -0.4 is 5.32 Å². The Balaban J connectivity index is 0.00000242. The lowest BCUT2D eigenvalue weighted by Gasteiger charge is -2.30. The van der Waals surface area contributed by atoms with Gasteiger partial charge in [0.1, 0.15) is 0 Å². The third kappa shape index (κ3) is 3.88. The molecule has 1 heterocycles.